The molecule has 0 bridgehead atoms. The Kier molecular flexibility index (Phi) is 6.45. The van der Waals surface area contributed by atoms with Crippen LogP contribution in [0.25, 0.3) is 0 Å². The van der Waals surface area contributed by atoms with Crippen molar-refractivity contribution in [3.05, 3.63) is 53.6 Å². The smallest absolute Gasteiger partial charge is 0.262 e. The number of hydrogen-bond acceptors (Lipinski definition) is 4. The van der Waals surface area contributed by atoms with Crippen molar-refractivity contribution in [3.63, 3.8) is 0 Å². The molecule has 6 heteroatoms. The van der Waals surface area contributed by atoms with E-state index in [2.05, 4.69) is 10.6 Å². The van der Waals surface area contributed by atoms with Gasteiger partial charge in [-0.1, -0.05) is 18.2 Å². The molecule has 0 heterocycles. The first kappa shape index (κ1) is 20.3. The van der Waals surface area contributed by atoms with E-state index in [4.69, 9.17) is 9.47 Å². The van der Waals surface area contributed by atoms with Crippen molar-refractivity contribution >= 4 is 17.5 Å². The van der Waals surface area contributed by atoms with E-state index in [0.29, 0.717) is 22.7 Å². The minimum absolute atomic E-state index is 0.200. The standard InChI is InChI=1S/C21H26N2O4/c1-14-10-11-17(18(12-14)26-5)27-13-19(24)22-16-9-7-6-8-15(16)20(25)23-21(2,3)4/h6-12H,13H2,1-5H3,(H,22,24)(H,23,25). The third-order valence-electron chi connectivity index (χ3n) is 3.61. The number of carbonyl (C=O) groups is 2. The Labute approximate surface area is 159 Å². The minimum atomic E-state index is -0.376. The molecule has 0 aliphatic carbocycles. The van der Waals surface area contributed by atoms with E-state index >= 15 is 0 Å². The average molecular weight is 370 g/mol. The van der Waals surface area contributed by atoms with E-state index in [0.717, 1.165) is 5.56 Å². The SMILES string of the molecule is COc1cc(C)ccc1OCC(=O)Nc1ccccc1C(=O)NC(C)(C)C. The van der Waals surface area contributed by atoms with Crippen LogP contribution in [0.15, 0.2) is 42.5 Å². The highest BCUT2D eigenvalue weighted by atomic mass is 16.5. The molecule has 0 atom stereocenters. The summed E-state index contributed by atoms with van der Waals surface area (Å²) in [7, 11) is 1.55. The Morgan fingerprint density at radius 1 is 1.04 bits per heavy atom. The quantitative estimate of drug-likeness (QED) is 0.815. The largest absolute Gasteiger partial charge is 0.493 e. The monoisotopic (exact) mass is 370 g/mol. The number of amides is 2. The number of benzene rings is 2. The van der Waals surface area contributed by atoms with Crippen LogP contribution in [0.1, 0.15) is 36.7 Å². The van der Waals surface area contributed by atoms with Gasteiger partial charge < -0.3 is 20.1 Å². The van der Waals surface area contributed by atoms with Crippen molar-refractivity contribution in [1.82, 2.24) is 5.32 Å². The number of aryl methyl sites for hydroxylation is 1. The van der Waals surface area contributed by atoms with Gasteiger partial charge in [0.05, 0.1) is 18.4 Å². The van der Waals surface area contributed by atoms with Gasteiger partial charge in [0.25, 0.3) is 11.8 Å². The molecular weight excluding hydrogens is 344 g/mol. The zero-order valence-electron chi connectivity index (χ0n) is 16.4. The van der Waals surface area contributed by atoms with Crippen molar-refractivity contribution in [2.45, 2.75) is 33.2 Å². The summed E-state index contributed by atoms with van der Waals surface area (Å²) < 4.78 is 10.8. The molecule has 2 aromatic rings. The van der Waals surface area contributed by atoms with Crippen molar-refractivity contribution < 1.29 is 19.1 Å². The molecule has 0 spiro atoms. The van der Waals surface area contributed by atoms with E-state index in [1.807, 2.05) is 39.8 Å². The lowest BCUT2D eigenvalue weighted by Gasteiger charge is -2.21. The maximum absolute atomic E-state index is 12.4. The van der Waals surface area contributed by atoms with Crippen LogP contribution in [0, 0.1) is 6.92 Å². The van der Waals surface area contributed by atoms with Crippen LogP contribution < -0.4 is 20.1 Å². The second kappa shape index (κ2) is 8.58. The third kappa shape index (κ3) is 6.02. The van der Waals surface area contributed by atoms with E-state index in [-0.39, 0.29) is 24.0 Å². The predicted molar refractivity (Wildman–Crippen MR) is 106 cm³/mol. The Balaban J connectivity index is 2.05. The number of hydrogen-bond donors (Lipinski definition) is 2. The number of nitrogens with one attached hydrogen (secondary N) is 2. The van der Waals surface area contributed by atoms with Gasteiger partial charge in [0.15, 0.2) is 18.1 Å². The molecule has 2 aromatic carbocycles. The number of rotatable bonds is 6. The highest BCUT2D eigenvalue weighted by Gasteiger charge is 2.18. The summed E-state index contributed by atoms with van der Waals surface area (Å²) in [5, 5.41) is 5.62. The fourth-order valence-electron chi connectivity index (χ4n) is 2.42. The van der Waals surface area contributed by atoms with Gasteiger partial charge in [-0.15, -0.1) is 0 Å². The number of para-hydroxylation sites is 1. The molecule has 2 N–H and O–H groups in total. The molecule has 0 fully saturated rings. The van der Waals surface area contributed by atoms with Crippen LogP contribution in [-0.2, 0) is 4.79 Å². The van der Waals surface area contributed by atoms with E-state index in [1.54, 1.807) is 37.4 Å². The summed E-state index contributed by atoms with van der Waals surface area (Å²) in [5.41, 5.74) is 1.49. The molecule has 0 aliphatic heterocycles. The number of anilines is 1. The zero-order valence-corrected chi connectivity index (χ0v) is 16.4. The molecular formula is C21H26N2O4. The molecule has 0 aromatic heterocycles. The first-order chi connectivity index (χ1) is 12.7. The molecule has 0 saturated heterocycles. The Hall–Kier alpha value is -3.02. The normalized spacial score (nSPS) is 10.9. The summed E-state index contributed by atoms with van der Waals surface area (Å²) >= 11 is 0. The van der Waals surface area contributed by atoms with Crippen LogP contribution in [0.4, 0.5) is 5.69 Å². The van der Waals surface area contributed by atoms with Gasteiger partial charge in [0.2, 0.25) is 0 Å². The van der Waals surface area contributed by atoms with Gasteiger partial charge >= 0.3 is 0 Å². The van der Waals surface area contributed by atoms with Gasteiger partial charge in [-0.05, 0) is 57.5 Å². The first-order valence-electron chi connectivity index (χ1n) is 8.68. The van der Waals surface area contributed by atoms with Crippen LogP contribution in [0.2, 0.25) is 0 Å². The number of carbonyl (C=O) groups excluding carboxylic acids is 2. The number of methoxy groups -OCH3 is 1. The lowest BCUT2D eigenvalue weighted by molar-refractivity contribution is -0.118. The van der Waals surface area contributed by atoms with Crippen LogP contribution in [0.5, 0.6) is 11.5 Å². The average Bonchev–Trinajstić information content (AvgIpc) is 2.59. The van der Waals surface area contributed by atoms with Crippen molar-refractivity contribution in [2.75, 3.05) is 19.0 Å². The lowest BCUT2D eigenvalue weighted by Crippen LogP contribution is -2.41. The molecule has 0 unspecified atom stereocenters. The maximum atomic E-state index is 12.4. The van der Waals surface area contributed by atoms with Crippen LogP contribution in [-0.4, -0.2) is 31.1 Å². The summed E-state index contributed by atoms with van der Waals surface area (Å²) in [6.45, 7) is 7.44. The minimum Gasteiger partial charge on any atom is -0.493 e. The molecule has 6 nitrogen and oxygen atoms in total. The van der Waals surface area contributed by atoms with Gasteiger partial charge in [-0.25, -0.2) is 0 Å². The van der Waals surface area contributed by atoms with Gasteiger partial charge in [-0.3, -0.25) is 9.59 Å². The summed E-state index contributed by atoms with van der Waals surface area (Å²) in [4.78, 5) is 24.8. The number of ether oxygens (including phenoxy) is 2. The third-order valence-corrected chi connectivity index (χ3v) is 3.61. The Morgan fingerprint density at radius 2 is 1.74 bits per heavy atom. The molecule has 2 rings (SSSR count). The molecule has 0 radical (unpaired) electrons. The predicted octanol–water partition coefficient (Wildman–Crippen LogP) is 3.55. The summed E-state index contributed by atoms with van der Waals surface area (Å²) in [6, 6.07) is 12.3. The van der Waals surface area contributed by atoms with E-state index < -0.39 is 0 Å². The fourth-order valence-corrected chi connectivity index (χ4v) is 2.42. The Morgan fingerprint density at radius 3 is 2.41 bits per heavy atom. The fraction of sp³-hybridized carbons (Fsp3) is 0.333. The molecule has 144 valence electrons. The van der Waals surface area contributed by atoms with Crippen molar-refractivity contribution in [2.24, 2.45) is 0 Å². The van der Waals surface area contributed by atoms with Crippen LogP contribution in [0.3, 0.4) is 0 Å². The van der Waals surface area contributed by atoms with E-state index in [9.17, 15) is 9.59 Å². The first-order valence-corrected chi connectivity index (χ1v) is 8.68. The second-order valence-corrected chi connectivity index (χ2v) is 7.24. The molecule has 2 amide bonds. The summed E-state index contributed by atoms with van der Waals surface area (Å²) in [6.07, 6.45) is 0. The Bertz CT molecular complexity index is 825. The van der Waals surface area contributed by atoms with Gasteiger partial charge in [0, 0.05) is 5.54 Å². The topological polar surface area (TPSA) is 76.7 Å². The maximum Gasteiger partial charge on any atom is 0.262 e. The highest BCUT2D eigenvalue weighted by molar-refractivity contribution is 6.04. The zero-order chi connectivity index (χ0) is 20.0. The second-order valence-electron chi connectivity index (χ2n) is 7.24. The lowest BCUT2D eigenvalue weighted by atomic mass is 10.1. The van der Waals surface area contributed by atoms with Crippen LogP contribution >= 0.6 is 0 Å². The molecule has 0 aliphatic rings. The van der Waals surface area contributed by atoms with Gasteiger partial charge in [-0.2, -0.15) is 0 Å². The van der Waals surface area contributed by atoms with E-state index in [1.165, 1.54) is 0 Å². The molecule has 27 heavy (non-hydrogen) atoms. The van der Waals surface area contributed by atoms with Crippen molar-refractivity contribution in [1.29, 1.82) is 0 Å². The summed E-state index contributed by atoms with van der Waals surface area (Å²) in [5.74, 6) is 0.429. The highest BCUT2D eigenvalue weighted by Crippen LogP contribution is 2.27. The van der Waals surface area contributed by atoms with Gasteiger partial charge in [0.1, 0.15) is 0 Å². The van der Waals surface area contributed by atoms with Crippen molar-refractivity contribution in [3.8, 4) is 11.5 Å². The molecule has 0 saturated carbocycles.